The standard InChI is InChI=1S/C10H20N2O3/c1-4-5-6-11-10(15)12-8(7(2)3)9(13)14/h7-8H,4-6H2,1-3H3,(H,13,14)(H2,11,12,15). The van der Waals surface area contributed by atoms with Crippen LogP contribution >= 0.6 is 0 Å². The van der Waals surface area contributed by atoms with Gasteiger partial charge in [-0.15, -0.1) is 0 Å². The minimum atomic E-state index is -1.00. The summed E-state index contributed by atoms with van der Waals surface area (Å²) >= 11 is 0. The maximum absolute atomic E-state index is 11.3. The van der Waals surface area contributed by atoms with Crippen LogP contribution in [0.2, 0.25) is 0 Å². The monoisotopic (exact) mass is 216 g/mol. The van der Waals surface area contributed by atoms with E-state index in [9.17, 15) is 9.59 Å². The van der Waals surface area contributed by atoms with Crippen molar-refractivity contribution in [3.05, 3.63) is 0 Å². The number of hydrogen-bond acceptors (Lipinski definition) is 2. The van der Waals surface area contributed by atoms with Crippen LogP contribution in [0.25, 0.3) is 0 Å². The van der Waals surface area contributed by atoms with E-state index in [1.54, 1.807) is 13.8 Å². The highest BCUT2D eigenvalue weighted by Crippen LogP contribution is 2.01. The molecule has 0 saturated carbocycles. The molecule has 0 aromatic heterocycles. The molecule has 0 aromatic rings. The Bertz CT molecular complexity index is 217. The van der Waals surface area contributed by atoms with Gasteiger partial charge in [-0.3, -0.25) is 0 Å². The number of carboxylic acid groups (broad SMARTS) is 1. The normalized spacial score (nSPS) is 12.3. The molecule has 5 nitrogen and oxygen atoms in total. The summed E-state index contributed by atoms with van der Waals surface area (Å²) in [6.07, 6.45) is 1.89. The molecular weight excluding hydrogens is 196 g/mol. The molecule has 15 heavy (non-hydrogen) atoms. The van der Waals surface area contributed by atoms with Crippen molar-refractivity contribution in [2.45, 2.75) is 39.7 Å². The molecule has 2 amide bonds. The predicted molar refractivity (Wildman–Crippen MR) is 57.7 cm³/mol. The minimum Gasteiger partial charge on any atom is -0.480 e. The van der Waals surface area contributed by atoms with Crippen LogP contribution in [0, 0.1) is 5.92 Å². The van der Waals surface area contributed by atoms with Crippen LogP contribution < -0.4 is 10.6 Å². The second-order valence-electron chi connectivity index (χ2n) is 3.81. The molecule has 0 bridgehead atoms. The van der Waals surface area contributed by atoms with Crippen molar-refractivity contribution >= 4 is 12.0 Å². The smallest absolute Gasteiger partial charge is 0.326 e. The van der Waals surface area contributed by atoms with Gasteiger partial charge in [0, 0.05) is 6.54 Å². The highest BCUT2D eigenvalue weighted by molar-refractivity contribution is 5.82. The summed E-state index contributed by atoms with van der Waals surface area (Å²) in [5.41, 5.74) is 0. The predicted octanol–water partition coefficient (Wildman–Crippen LogP) is 1.19. The molecule has 0 heterocycles. The Morgan fingerprint density at radius 2 is 1.93 bits per heavy atom. The van der Waals surface area contributed by atoms with Crippen LogP contribution in [0.15, 0.2) is 0 Å². The van der Waals surface area contributed by atoms with Gasteiger partial charge >= 0.3 is 12.0 Å². The molecule has 0 saturated heterocycles. The fourth-order valence-corrected chi connectivity index (χ4v) is 1.08. The van der Waals surface area contributed by atoms with E-state index >= 15 is 0 Å². The fourth-order valence-electron chi connectivity index (χ4n) is 1.08. The number of carboxylic acids is 1. The van der Waals surface area contributed by atoms with Crippen molar-refractivity contribution < 1.29 is 14.7 Å². The van der Waals surface area contributed by atoms with E-state index in [-0.39, 0.29) is 5.92 Å². The number of carbonyl (C=O) groups excluding carboxylic acids is 1. The third-order valence-electron chi connectivity index (χ3n) is 2.04. The Labute approximate surface area is 90.2 Å². The lowest BCUT2D eigenvalue weighted by Gasteiger charge is -2.18. The van der Waals surface area contributed by atoms with E-state index in [1.165, 1.54) is 0 Å². The number of carbonyl (C=O) groups is 2. The van der Waals surface area contributed by atoms with Crippen LogP contribution in [0.5, 0.6) is 0 Å². The molecule has 1 atom stereocenters. The molecule has 88 valence electrons. The zero-order chi connectivity index (χ0) is 11.8. The molecule has 0 aliphatic heterocycles. The van der Waals surface area contributed by atoms with Gasteiger partial charge in [0.05, 0.1) is 0 Å². The number of hydrogen-bond donors (Lipinski definition) is 3. The highest BCUT2D eigenvalue weighted by atomic mass is 16.4. The topological polar surface area (TPSA) is 78.4 Å². The first-order valence-electron chi connectivity index (χ1n) is 5.26. The summed E-state index contributed by atoms with van der Waals surface area (Å²) in [5, 5.41) is 13.9. The number of amides is 2. The zero-order valence-corrected chi connectivity index (χ0v) is 9.54. The van der Waals surface area contributed by atoms with Crippen molar-refractivity contribution in [2.24, 2.45) is 5.92 Å². The van der Waals surface area contributed by atoms with Gasteiger partial charge in [0.2, 0.25) is 0 Å². The van der Waals surface area contributed by atoms with Crippen LogP contribution in [0.4, 0.5) is 4.79 Å². The van der Waals surface area contributed by atoms with Crippen LogP contribution in [-0.4, -0.2) is 29.7 Å². The Balaban J connectivity index is 3.95. The number of aliphatic carboxylic acids is 1. The Hall–Kier alpha value is -1.26. The van der Waals surface area contributed by atoms with E-state index < -0.39 is 18.0 Å². The largest absolute Gasteiger partial charge is 0.480 e. The van der Waals surface area contributed by atoms with Gasteiger partial charge in [-0.2, -0.15) is 0 Å². The molecule has 0 fully saturated rings. The molecule has 0 spiro atoms. The van der Waals surface area contributed by atoms with E-state index in [2.05, 4.69) is 10.6 Å². The van der Waals surface area contributed by atoms with Gasteiger partial charge in [-0.25, -0.2) is 9.59 Å². The first-order chi connectivity index (χ1) is 6.99. The fraction of sp³-hybridized carbons (Fsp3) is 0.800. The lowest BCUT2D eigenvalue weighted by Crippen LogP contribution is -2.48. The number of rotatable bonds is 6. The second kappa shape index (κ2) is 7.09. The molecule has 0 rings (SSSR count). The van der Waals surface area contributed by atoms with Gasteiger partial charge in [0.1, 0.15) is 6.04 Å². The molecule has 5 heteroatoms. The Morgan fingerprint density at radius 3 is 2.33 bits per heavy atom. The number of urea groups is 1. The van der Waals surface area contributed by atoms with Crippen molar-refractivity contribution in [1.29, 1.82) is 0 Å². The lowest BCUT2D eigenvalue weighted by atomic mass is 10.1. The van der Waals surface area contributed by atoms with Gasteiger partial charge in [-0.1, -0.05) is 27.2 Å². The maximum Gasteiger partial charge on any atom is 0.326 e. The van der Waals surface area contributed by atoms with Gasteiger partial charge in [0.25, 0.3) is 0 Å². The molecule has 0 aromatic carbocycles. The van der Waals surface area contributed by atoms with E-state index in [4.69, 9.17) is 5.11 Å². The third kappa shape index (κ3) is 5.93. The molecule has 0 aliphatic rings. The van der Waals surface area contributed by atoms with Crippen molar-refractivity contribution in [2.75, 3.05) is 6.54 Å². The first kappa shape index (κ1) is 13.7. The van der Waals surface area contributed by atoms with Crippen LogP contribution in [0.1, 0.15) is 33.6 Å². The van der Waals surface area contributed by atoms with Crippen LogP contribution in [-0.2, 0) is 4.79 Å². The van der Waals surface area contributed by atoms with Gasteiger partial charge in [-0.05, 0) is 12.3 Å². The van der Waals surface area contributed by atoms with E-state index in [0.29, 0.717) is 6.54 Å². The van der Waals surface area contributed by atoms with Crippen molar-refractivity contribution in [3.8, 4) is 0 Å². The third-order valence-corrected chi connectivity index (χ3v) is 2.04. The Kier molecular flexibility index (Phi) is 6.49. The first-order valence-corrected chi connectivity index (χ1v) is 5.26. The molecule has 1 unspecified atom stereocenters. The summed E-state index contributed by atoms with van der Waals surface area (Å²) < 4.78 is 0. The summed E-state index contributed by atoms with van der Waals surface area (Å²) in [5.74, 6) is -1.13. The van der Waals surface area contributed by atoms with E-state index in [1.807, 2.05) is 6.92 Å². The van der Waals surface area contributed by atoms with Crippen molar-refractivity contribution in [1.82, 2.24) is 10.6 Å². The van der Waals surface area contributed by atoms with Gasteiger partial charge < -0.3 is 15.7 Å². The summed E-state index contributed by atoms with van der Waals surface area (Å²) in [4.78, 5) is 22.0. The highest BCUT2D eigenvalue weighted by Gasteiger charge is 2.22. The average molecular weight is 216 g/mol. The molecular formula is C10H20N2O3. The SMILES string of the molecule is CCCCNC(=O)NC(C(=O)O)C(C)C. The van der Waals surface area contributed by atoms with Crippen molar-refractivity contribution in [3.63, 3.8) is 0 Å². The summed E-state index contributed by atoms with van der Waals surface area (Å²) in [6, 6.07) is -1.24. The maximum atomic E-state index is 11.3. The van der Waals surface area contributed by atoms with E-state index in [0.717, 1.165) is 12.8 Å². The average Bonchev–Trinajstić information content (AvgIpc) is 2.13. The lowest BCUT2D eigenvalue weighted by molar-refractivity contribution is -0.140. The quantitative estimate of drug-likeness (QED) is 0.584. The molecule has 0 radical (unpaired) electrons. The molecule has 0 aliphatic carbocycles. The minimum absolute atomic E-state index is 0.126. The summed E-state index contributed by atoms with van der Waals surface area (Å²) in [6.45, 7) is 6.11. The summed E-state index contributed by atoms with van der Waals surface area (Å²) in [7, 11) is 0. The zero-order valence-electron chi connectivity index (χ0n) is 9.54. The second-order valence-corrected chi connectivity index (χ2v) is 3.81. The number of unbranched alkanes of at least 4 members (excludes halogenated alkanes) is 1. The van der Waals surface area contributed by atoms with Crippen LogP contribution in [0.3, 0.4) is 0 Å². The molecule has 3 N–H and O–H groups in total. The van der Waals surface area contributed by atoms with Gasteiger partial charge in [0.15, 0.2) is 0 Å². The number of nitrogens with one attached hydrogen (secondary N) is 2. The Morgan fingerprint density at radius 1 is 1.33 bits per heavy atom.